The van der Waals surface area contributed by atoms with E-state index in [1.54, 1.807) is 0 Å². The third-order valence-electron chi connectivity index (χ3n) is 6.80. The summed E-state index contributed by atoms with van der Waals surface area (Å²) in [6.45, 7) is 3.42. The lowest BCUT2D eigenvalue weighted by Gasteiger charge is -2.34. The van der Waals surface area contributed by atoms with Gasteiger partial charge in [-0.3, -0.25) is 10.2 Å². The normalized spacial score (nSPS) is 28.9. The summed E-state index contributed by atoms with van der Waals surface area (Å²) in [4.78, 5) is 15.8. The number of benzene rings is 1. The van der Waals surface area contributed by atoms with Crippen molar-refractivity contribution < 1.29 is 9.53 Å². The highest BCUT2D eigenvalue weighted by molar-refractivity contribution is 5.85. The smallest absolute Gasteiger partial charge is 0.242 e. The Bertz CT molecular complexity index is 710. The number of halogens is 1. The summed E-state index contributed by atoms with van der Waals surface area (Å²) in [6.07, 6.45) is 6.78. The fourth-order valence-corrected chi connectivity index (χ4v) is 5.28. The molecule has 1 aromatic rings. The molecule has 5 rings (SSSR count). The van der Waals surface area contributed by atoms with Crippen LogP contribution in [0.3, 0.4) is 0 Å². The first-order valence-electron chi connectivity index (χ1n) is 10.6. The van der Waals surface area contributed by atoms with Gasteiger partial charge < -0.3 is 15.0 Å². The molecule has 1 saturated carbocycles. The second-order valence-electron chi connectivity index (χ2n) is 8.47. The second kappa shape index (κ2) is 8.57. The van der Waals surface area contributed by atoms with Gasteiger partial charge in [-0.1, -0.05) is 25.0 Å². The zero-order valence-electron chi connectivity index (χ0n) is 16.3. The number of hydrogen-bond acceptors (Lipinski definition) is 5. The van der Waals surface area contributed by atoms with E-state index in [9.17, 15) is 4.79 Å². The number of piperidine rings is 1. The highest BCUT2D eigenvalue weighted by Gasteiger charge is 2.44. The van der Waals surface area contributed by atoms with Crippen LogP contribution in [0, 0.1) is 5.92 Å². The van der Waals surface area contributed by atoms with E-state index in [0.717, 1.165) is 51.1 Å². The average Bonchev–Trinajstić information content (AvgIpc) is 3.45. The van der Waals surface area contributed by atoms with E-state index >= 15 is 0 Å². The lowest BCUT2D eigenvalue weighted by Crippen LogP contribution is -2.52. The highest BCUT2D eigenvalue weighted by atomic mass is 35.5. The summed E-state index contributed by atoms with van der Waals surface area (Å²) in [5, 5.41) is 3.46. The topological polar surface area (TPSA) is 65.6 Å². The number of hydrogen-bond donors (Lipinski definition) is 3. The molecule has 28 heavy (non-hydrogen) atoms. The van der Waals surface area contributed by atoms with Crippen LogP contribution in [0.2, 0.25) is 0 Å². The second-order valence-corrected chi connectivity index (χ2v) is 8.47. The van der Waals surface area contributed by atoms with Crippen molar-refractivity contribution >= 4 is 18.3 Å². The predicted molar refractivity (Wildman–Crippen MR) is 111 cm³/mol. The van der Waals surface area contributed by atoms with Gasteiger partial charge in [0.05, 0.1) is 6.61 Å². The molecule has 6 nitrogen and oxygen atoms in total. The minimum absolute atomic E-state index is 0. The minimum Gasteiger partial charge on any atom is -0.493 e. The largest absolute Gasteiger partial charge is 0.493 e. The Labute approximate surface area is 173 Å². The van der Waals surface area contributed by atoms with Crippen molar-refractivity contribution in [2.45, 2.75) is 63.2 Å². The molecule has 3 aliphatic heterocycles. The lowest BCUT2D eigenvalue weighted by molar-refractivity contribution is -0.137. The first kappa shape index (κ1) is 20.0. The molecule has 3 fully saturated rings. The van der Waals surface area contributed by atoms with E-state index in [-0.39, 0.29) is 24.4 Å². The number of nitrogens with one attached hydrogen (secondary N) is 3. The summed E-state index contributed by atoms with van der Waals surface area (Å²) in [5.74, 6) is 1.61. The van der Waals surface area contributed by atoms with Crippen molar-refractivity contribution in [2.75, 3.05) is 19.7 Å². The fraction of sp³-hybridized carbons (Fsp3) is 0.667. The third-order valence-corrected chi connectivity index (χ3v) is 6.80. The number of carbonyl (C=O) groups excluding carboxylic acids is 1. The van der Waals surface area contributed by atoms with Gasteiger partial charge in [-0.25, -0.2) is 5.43 Å². The molecule has 154 valence electrons. The van der Waals surface area contributed by atoms with Crippen molar-refractivity contribution in [3.8, 4) is 5.75 Å². The SMILES string of the molecule is Cl.O=C(C1NNC2CCNCC21)N(Cc1ccc2c(c1)CCO2)C1CCCC1. The molecule has 3 atom stereocenters. The van der Waals surface area contributed by atoms with Gasteiger partial charge in [-0.05, 0) is 43.0 Å². The van der Waals surface area contributed by atoms with Gasteiger partial charge in [0.2, 0.25) is 5.91 Å². The molecular weight excluding hydrogens is 376 g/mol. The maximum atomic E-state index is 13.6. The van der Waals surface area contributed by atoms with Gasteiger partial charge in [0.25, 0.3) is 0 Å². The van der Waals surface area contributed by atoms with Crippen LogP contribution in [-0.2, 0) is 17.8 Å². The molecule has 3 heterocycles. The molecule has 7 heteroatoms. The van der Waals surface area contributed by atoms with Crippen molar-refractivity contribution in [1.29, 1.82) is 0 Å². The first-order chi connectivity index (χ1) is 13.3. The molecule has 3 unspecified atom stereocenters. The standard InChI is InChI=1S/C21H30N4O2.ClH/c26-21(20-17-12-22-9-7-18(17)23-24-20)25(16-3-1-2-4-16)13-14-5-6-19-15(11-14)8-10-27-19;/h5-6,11,16-18,20,22-24H,1-4,7-10,12-13H2;1H. The van der Waals surface area contributed by atoms with Crippen LogP contribution in [0.4, 0.5) is 0 Å². The zero-order chi connectivity index (χ0) is 18.2. The number of hydrazine groups is 1. The molecule has 1 aromatic carbocycles. The fourth-order valence-electron chi connectivity index (χ4n) is 5.28. The van der Waals surface area contributed by atoms with Crippen LogP contribution in [0.5, 0.6) is 5.75 Å². The van der Waals surface area contributed by atoms with E-state index in [1.807, 2.05) is 0 Å². The quantitative estimate of drug-likeness (QED) is 0.711. The number of carbonyl (C=O) groups is 1. The monoisotopic (exact) mass is 406 g/mol. The van der Waals surface area contributed by atoms with Crippen molar-refractivity contribution in [3.63, 3.8) is 0 Å². The van der Waals surface area contributed by atoms with Crippen LogP contribution >= 0.6 is 12.4 Å². The van der Waals surface area contributed by atoms with Crippen molar-refractivity contribution in [2.24, 2.45) is 5.92 Å². The van der Waals surface area contributed by atoms with E-state index < -0.39 is 0 Å². The highest BCUT2D eigenvalue weighted by Crippen LogP contribution is 2.31. The maximum Gasteiger partial charge on any atom is 0.242 e. The van der Waals surface area contributed by atoms with E-state index in [0.29, 0.717) is 24.5 Å². The van der Waals surface area contributed by atoms with Crippen molar-refractivity contribution in [3.05, 3.63) is 29.3 Å². The number of rotatable bonds is 4. The number of ether oxygens (including phenoxy) is 1. The molecule has 0 bridgehead atoms. The maximum absolute atomic E-state index is 13.6. The molecule has 0 spiro atoms. The van der Waals surface area contributed by atoms with Crippen LogP contribution < -0.4 is 20.9 Å². The lowest BCUT2D eigenvalue weighted by atomic mass is 9.88. The van der Waals surface area contributed by atoms with Crippen LogP contribution in [0.25, 0.3) is 0 Å². The van der Waals surface area contributed by atoms with Crippen LogP contribution in [-0.4, -0.2) is 48.6 Å². The molecule has 0 aromatic heterocycles. The van der Waals surface area contributed by atoms with Gasteiger partial charge in [0.15, 0.2) is 0 Å². The van der Waals surface area contributed by atoms with E-state index in [2.05, 4.69) is 39.3 Å². The predicted octanol–water partition coefficient (Wildman–Crippen LogP) is 1.77. The van der Waals surface area contributed by atoms with Gasteiger partial charge in [0.1, 0.15) is 11.8 Å². The first-order valence-corrected chi connectivity index (χ1v) is 10.6. The Morgan fingerprint density at radius 2 is 2.04 bits per heavy atom. The molecule has 3 N–H and O–H groups in total. The summed E-state index contributed by atoms with van der Waals surface area (Å²) in [5.41, 5.74) is 9.21. The summed E-state index contributed by atoms with van der Waals surface area (Å²) >= 11 is 0. The molecule has 1 aliphatic carbocycles. The molecule has 2 saturated heterocycles. The van der Waals surface area contributed by atoms with Crippen molar-refractivity contribution in [1.82, 2.24) is 21.1 Å². The Balaban J connectivity index is 0.00000192. The molecule has 4 aliphatic rings. The number of nitrogens with zero attached hydrogens (tertiary/aromatic N) is 1. The van der Waals surface area contributed by atoms with Crippen LogP contribution in [0.15, 0.2) is 18.2 Å². The van der Waals surface area contributed by atoms with E-state index in [4.69, 9.17) is 4.74 Å². The minimum atomic E-state index is -0.124. The molecule has 1 amide bonds. The number of fused-ring (bicyclic) bond motifs is 2. The Hall–Kier alpha value is -1.34. The Kier molecular flexibility index (Phi) is 6.11. The Morgan fingerprint density at radius 3 is 2.89 bits per heavy atom. The Morgan fingerprint density at radius 1 is 1.18 bits per heavy atom. The van der Waals surface area contributed by atoms with Gasteiger partial charge in [-0.15, -0.1) is 12.4 Å². The number of amides is 1. The summed E-state index contributed by atoms with van der Waals surface area (Å²) in [7, 11) is 0. The molecule has 0 radical (unpaired) electrons. The summed E-state index contributed by atoms with van der Waals surface area (Å²) < 4.78 is 5.64. The van der Waals surface area contributed by atoms with Gasteiger partial charge >= 0.3 is 0 Å². The molecular formula is C21H31ClN4O2. The zero-order valence-corrected chi connectivity index (χ0v) is 17.1. The van der Waals surface area contributed by atoms with Gasteiger partial charge in [-0.2, -0.15) is 0 Å². The van der Waals surface area contributed by atoms with Crippen LogP contribution in [0.1, 0.15) is 43.2 Å². The van der Waals surface area contributed by atoms with Gasteiger partial charge in [0, 0.05) is 37.5 Å². The summed E-state index contributed by atoms with van der Waals surface area (Å²) in [6, 6.07) is 7.10. The average molecular weight is 407 g/mol. The van der Waals surface area contributed by atoms with E-state index in [1.165, 1.54) is 24.0 Å². The third kappa shape index (κ3) is 3.75.